The van der Waals surface area contributed by atoms with Crippen molar-refractivity contribution >= 4 is 25.7 Å². The van der Waals surface area contributed by atoms with Gasteiger partial charge in [-0.1, -0.05) is 0 Å². The predicted octanol–water partition coefficient (Wildman–Crippen LogP) is 1.42. The second-order valence-corrected chi connectivity index (χ2v) is 5.67. The van der Waals surface area contributed by atoms with E-state index in [4.69, 9.17) is 20.2 Å². The van der Waals surface area contributed by atoms with Crippen LogP contribution in [0.25, 0.3) is 0 Å². The molecule has 0 radical (unpaired) electrons. The first-order chi connectivity index (χ1) is 8.35. The molecular weight excluding hydrogens is 284 g/mol. The third-order valence-corrected chi connectivity index (χ3v) is 3.52. The molecule has 0 atom stereocenters. The van der Waals surface area contributed by atoms with E-state index in [1.807, 2.05) is 0 Å². The molecule has 1 aromatic carbocycles. The van der Waals surface area contributed by atoms with E-state index < -0.39 is 19.9 Å². The molecule has 0 aromatic heterocycles. The van der Waals surface area contributed by atoms with E-state index in [2.05, 4.69) is 4.74 Å². The average Bonchev–Trinajstić information content (AvgIpc) is 2.34. The largest absolute Gasteiger partial charge is 0.493 e. The SMILES string of the molecule is COC(=O)c1cc(OC)c(OC)cc1S(=O)(=O)Cl. The molecule has 0 fully saturated rings. The highest BCUT2D eigenvalue weighted by molar-refractivity contribution is 8.13. The summed E-state index contributed by atoms with van der Waals surface area (Å²) in [4.78, 5) is 11.1. The molecule has 0 amide bonds. The summed E-state index contributed by atoms with van der Waals surface area (Å²) in [6.45, 7) is 0. The number of ether oxygens (including phenoxy) is 3. The lowest BCUT2D eigenvalue weighted by molar-refractivity contribution is 0.0596. The van der Waals surface area contributed by atoms with Gasteiger partial charge >= 0.3 is 5.97 Å². The second-order valence-electron chi connectivity index (χ2n) is 3.13. The van der Waals surface area contributed by atoms with Crippen LogP contribution in [0.1, 0.15) is 10.4 Å². The quantitative estimate of drug-likeness (QED) is 0.617. The molecule has 0 saturated heterocycles. The lowest BCUT2D eigenvalue weighted by atomic mass is 10.2. The van der Waals surface area contributed by atoms with Gasteiger partial charge in [-0.05, 0) is 6.07 Å². The smallest absolute Gasteiger partial charge is 0.339 e. The first-order valence-electron chi connectivity index (χ1n) is 4.64. The minimum atomic E-state index is -4.11. The summed E-state index contributed by atoms with van der Waals surface area (Å²) in [7, 11) is 4.96. The Morgan fingerprint density at radius 3 is 2.00 bits per heavy atom. The van der Waals surface area contributed by atoms with Gasteiger partial charge in [-0.2, -0.15) is 0 Å². The van der Waals surface area contributed by atoms with Crippen LogP contribution in [0.3, 0.4) is 0 Å². The third-order valence-electron chi connectivity index (χ3n) is 2.15. The molecule has 0 aliphatic rings. The van der Waals surface area contributed by atoms with Gasteiger partial charge < -0.3 is 14.2 Å². The lowest BCUT2D eigenvalue weighted by Gasteiger charge is -2.11. The Bertz CT molecular complexity index is 566. The van der Waals surface area contributed by atoms with Crippen molar-refractivity contribution in [2.75, 3.05) is 21.3 Å². The molecule has 6 nitrogen and oxygen atoms in total. The fourth-order valence-corrected chi connectivity index (χ4v) is 2.37. The summed E-state index contributed by atoms with van der Waals surface area (Å²) in [6, 6.07) is 2.30. The molecule has 18 heavy (non-hydrogen) atoms. The zero-order valence-electron chi connectivity index (χ0n) is 9.89. The Labute approximate surface area is 109 Å². The van der Waals surface area contributed by atoms with Gasteiger partial charge in [0, 0.05) is 16.7 Å². The number of esters is 1. The summed E-state index contributed by atoms with van der Waals surface area (Å²) >= 11 is 0. The van der Waals surface area contributed by atoms with Crippen LogP contribution in [0, 0.1) is 0 Å². The topological polar surface area (TPSA) is 78.9 Å². The van der Waals surface area contributed by atoms with Gasteiger partial charge in [0.1, 0.15) is 4.90 Å². The molecule has 0 heterocycles. The molecule has 8 heteroatoms. The van der Waals surface area contributed by atoms with Crippen LogP contribution in [0.15, 0.2) is 17.0 Å². The molecule has 0 bridgehead atoms. The number of carbonyl (C=O) groups is 1. The maximum atomic E-state index is 11.5. The van der Waals surface area contributed by atoms with E-state index in [1.54, 1.807) is 0 Å². The summed E-state index contributed by atoms with van der Waals surface area (Å²) in [5.41, 5.74) is -0.217. The maximum Gasteiger partial charge on any atom is 0.339 e. The van der Waals surface area contributed by atoms with Crippen molar-refractivity contribution in [3.05, 3.63) is 17.7 Å². The van der Waals surface area contributed by atoms with Crippen LogP contribution in [-0.4, -0.2) is 35.7 Å². The Morgan fingerprint density at radius 2 is 1.61 bits per heavy atom. The standard InChI is InChI=1S/C10H11ClO6S/c1-15-7-4-6(10(12)17-3)9(18(11,13)14)5-8(7)16-2/h4-5H,1-3H3. The van der Waals surface area contributed by atoms with Crippen molar-refractivity contribution < 1.29 is 27.4 Å². The highest BCUT2D eigenvalue weighted by atomic mass is 35.7. The van der Waals surface area contributed by atoms with Gasteiger partial charge in [0.25, 0.3) is 9.05 Å². The van der Waals surface area contributed by atoms with Crippen molar-refractivity contribution in [3.8, 4) is 11.5 Å². The Balaban J connectivity index is 3.62. The number of benzene rings is 1. The number of methoxy groups -OCH3 is 3. The second kappa shape index (κ2) is 5.45. The average molecular weight is 295 g/mol. The van der Waals surface area contributed by atoms with Crippen LogP contribution in [-0.2, 0) is 13.8 Å². The van der Waals surface area contributed by atoms with Crippen LogP contribution in [0.2, 0.25) is 0 Å². The van der Waals surface area contributed by atoms with E-state index in [1.165, 1.54) is 20.3 Å². The molecule has 0 saturated carbocycles. The van der Waals surface area contributed by atoms with Crippen LogP contribution >= 0.6 is 10.7 Å². The molecule has 1 aromatic rings. The van der Waals surface area contributed by atoms with E-state index in [0.717, 1.165) is 13.2 Å². The highest BCUT2D eigenvalue weighted by Gasteiger charge is 2.24. The first kappa shape index (κ1) is 14.6. The number of carbonyl (C=O) groups excluding carboxylic acids is 1. The van der Waals surface area contributed by atoms with Crippen molar-refractivity contribution in [2.45, 2.75) is 4.90 Å². The molecule has 0 N–H and O–H groups in total. The van der Waals surface area contributed by atoms with E-state index in [9.17, 15) is 13.2 Å². The zero-order valence-corrected chi connectivity index (χ0v) is 11.5. The molecule has 0 spiro atoms. The molecule has 0 unspecified atom stereocenters. The zero-order chi connectivity index (χ0) is 13.9. The van der Waals surface area contributed by atoms with Crippen LogP contribution in [0.4, 0.5) is 0 Å². The molecule has 1 rings (SSSR count). The number of halogens is 1. The van der Waals surface area contributed by atoms with E-state index in [0.29, 0.717) is 0 Å². The van der Waals surface area contributed by atoms with Crippen molar-refractivity contribution in [1.29, 1.82) is 0 Å². The highest BCUT2D eigenvalue weighted by Crippen LogP contribution is 2.34. The Kier molecular flexibility index (Phi) is 4.42. The minimum Gasteiger partial charge on any atom is -0.493 e. The van der Waals surface area contributed by atoms with Crippen molar-refractivity contribution in [3.63, 3.8) is 0 Å². The number of hydrogen-bond acceptors (Lipinski definition) is 6. The fraction of sp³-hybridized carbons (Fsp3) is 0.300. The van der Waals surface area contributed by atoms with Gasteiger partial charge in [0.2, 0.25) is 0 Å². The monoisotopic (exact) mass is 294 g/mol. The van der Waals surface area contributed by atoms with E-state index >= 15 is 0 Å². The minimum absolute atomic E-state index is 0.143. The summed E-state index contributed by atoms with van der Waals surface area (Å²) in [6.07, 6.45) is 0. The molecule has 0 aliphatic heterocycles. The number of hydrogen-bond donors (Lipinski definition) is 0. The van der Waals surface area contributed by atoms with Gasteiger partial charge in [0.05, 0.1) is 26.9 Å². The number of rotatable bonds is 4. The first-order valence-corrected chi connectivity index (χ1v) is 6.95. The lowest BCUT2D eigenvalue weighted by Crippen LogP contribution is -2.08. The fourth-order valence-electron chi connectivity index (χ4n) is 1.33. The third kappa shape index (κ3) is 2.85. The molecule has 0 aliphatic carbocycles. The van der Waals surface area contributed by atoms with Crippen LogP contribution < -0.4 is 9.47 Å². The molecular formula is C10H11ClO6S. The van der Waals surface area contributed by atoms with Gasteiger partial charge in [0.15, 0.2) is 11.5 Å². The Morgan fingerprint density at radius 1 is 1.11 bits per heavy atom. The summed E-state index contributed by atoms with van der Waals surface area (Å²) in [5.74, 6) is -0.499. The maximum absolute atomic E-state index is 11.5. The predicted molar refractivity (Wildman–Crippen MR) is 63.9 cm³/mol. The van der Waals surface area contributed by atoms with Crippen molar-refractivity contribution in [1.82, 2.24) is 0 Å². The van der Waals surface area contributed by atoms with Crippen LogP contribution in [0.5, 0.6) is 11.5 Å². The summed E-state index contributed by atoms with van der Waals surface area (Å²) < 4.78 is 37.2. The molecule has 100 valence electrons. The Hall–Kier alpha value is -1.47. The van der Waals surface area contributed by atoms with Gasteiger partial charge in [-0.15, -0.1) is 0 Å². The van der Waals surface area contributed by atoms with E-state index in [-0.39, 0.29) is 17.1 Å². The summed E-state index contributed by atoms with van der Waals surface area (Å²) in [5, 5.41) is 0. The normalized spacial score (nSPS) is 10.9. The van der Waals surface area contributed by atoms with Crippen molar-refractivity contribution in [2.24, 2.45) is 0 Å². The van der Waals surface area contributed by atoms with Gasteiger partial charge in [-0.3, -0.25) is 0 Å². The van der Waals surface area contributed by atoms with Gasteiger partial charge in [-0.25, -0.2) is 13.2 Å².